The molecule has 7 rings (SSSR count). The smallest absolute Gasteiger partial charge is 0.140 e. The van der Waals surface area contributed by atoms with Crippen LogP contribution in [0.3, 0.4) is 0 Å². The van der Waals surface area contributed by atoms with Gasteiger partial charge < -0.3 is 9.13 Å². The molecule has 0 unspecified atom stereocenters. The zero-order valence-electron chi connectivity index (χ0n) is 19.0. The molecule has 4 heteroatoms. The molecule has 34 heavy (non-hydrogen) atoms. The number of rotatable bonds is 2. The van der Waals surface area contributed by atoms with Gasteiger partial charge in [0.1, 0.15) is 5.82 Å². The lowest BCUT2D eigenvalue weighted by Gasteiger charge is -2.09. The van der Waals surface area contributed by atoms with Crippen LogP contribution in [0, 0.1) is 0 Å². The summed E-state index contributed by atoms with van der Waals surface area (Å²) in [6.45, 7) is 0. The van der Waals surface area contributed by atoms with Crippen molar-refractivity contribution in [3.05, 3.63) is 97.3 Å². The number of aromatic nitrogens is 4. The summed E-state index contributed by atoms with van der Waals surface area (Å²) in [6, 6.07) is 32.6. The second kappa shape index (κ2) is 7.03. The van der Waals surface area contributed by atoms with Gasteiger partial charge in [-0.25, -0.2) is 9.97 Å². The molecule has 0 radical (unpaired) electrons. The van der Waals surface area contributed by atoms with E-state index < -0.39 is 0 Å². The number of fused-ring (bicyclic) bond motifs is 5. The van der Waals surface area contributed by atoms with Crippen LogP contribution in [0.1, 0.15) is 0 Å². The number of aryl methyl sites for hydroxylation is 2. The van der Waals surface area contributed by atoms with E-state index in [1.807, 2.05) is 24.0 Å². The summed E-state index contributed by atoms with van der Waals surface area (Å²) in [5.74, 6) is 0.989. The van der Waals surface area contributed by atoms with Gasteiger partial charge in [0.05, 0.1) is 28.4 Å². The molecule has 0 amide bonds. The molecule has 0 aliphatic heterocycles. The normalized spacial score (nSPS) is 11.8. The Morgan fingerprint density at radius 3 is 2.06 bits per heavy atom. The van der Waals surface area contributed by atoms with E-state index in [0.717, 1.165) is 33.5 Å². The van der Waals surface area contributed by atoms with E-state index in [2.05, 4.69) is 102 Å². The Labute approximate surface area is 196 Å². The third-order valence-electron chi connectivity index (χ3n) is 6.94. The summed E-state index contributed by atoms with van der Waals surface area (Å²) in [5.41, 5.74) is 7.86. The van der Waals surface area contributed by atoms with Crippen LogP contribution in [0.15, 0.2) is 97.3 Å². The van der Waals surface area contributed by atoms with Crippen LogP contribution >= 0.6 is 0 Å². The van der Waals surface area contributed by atoms with Gasteiger partial charge in [-0.05, 0) is 69.1 Å². The Morgan fingerprint density at radius 1 is 0.588 bits per heavy atom. The van der Waals surface area contributed by atoms with Gasteiger partial charge in [0.2, 0.25) is 0 Å². The fraction of sp³-hybridized carbons (Fsp3) is 0.0667. The second-order valence-corrected chi connectivity index (χ2v) is 8.98. The van der Waals surface area contributed by atoms with Gasteiger partial charge in [-0.2, -0.15) is 0 Å². The van der Waals surface area contributed by atoms with Crippen LogP contribution in [-0.4, -0.2) is 19.1 Å². The van der Waals surface area contributed by atoms with E-state index in [0.29, 0.717) is 0 Å². The number of hydrogen-bond acceptors (Lipinski definition) is 2. The SMILES string of the molecule is Cn1cnc2cc(-c3ccc4c(ccc5cc(-c6nc7ccccc7n6C)ccc54)c3)ccc21. The largest absolute Gasteiger partial charge is 0.334 e. The van der Waals surface area contributed by atoms with Crippen molar-refractivity contribution >= 4 is 43.6 Å². The van der Waals surface area contributed by atoms with E-state index in [1.54, 1.807) is 0 Å². The first-order chi connectivity index (χ1) is 16.7. The Hall–Kier alpha value is -4.44. The lowest BCUT2D eigenvalue weighted by atomic mass is 9.96. The van der Waals surface area contributed by atoms with Crippen molar-refractivity contribution in [1.82, 2.24) is 19.1 Å². The van der Waals surface area contributed by atoms with Crippen LogP contribution in [0.2, 0.25) is 0 Å². The van der Waals surface area contributed by atoms with Crippen molar-refractivity contribution in [2.75, 3.05) is 0 Å². The molecule has 2 heterocycles. The highest BCUT2D eigenvalue weighted by molar-refractivity contribution is 6.09. The van der Waals surface area contributed by atoms with Crippen molar-refractivity contribution in [3.63, 3.8) is 0 Å². The van der Waals surface area contributed by atoms with Gasteiger partial charge in [-0.15, -0.1) is 0 Å². The highest BCUT2D eigenvalue weighted by Crippen LogP contribution is 2.33. The molecule has 2 aromatic heterocycles. The standard InChI is InChI=1S/C30H22N4/c1-33-18-31-27-17-20(11-14-28(27)33)19-9-12-24-21(15-19)7-8-22-16-23(10-13-25(22)24)30-32-26-5-3-4-6-29(26)34(30)2/h3-18H,1-2H3. The quantitative estimate of drug-likeness (QED) is 0.270. The van der Waals surface area contributed by atoms with Gasteiger partial charge in [0.25, 0.3) is 0 Å². The maximum atomic E-state index is 4.88. The summed E-state index contributed by atoms with van der Waals surface area (Å²) in [5, 5.41) is 4.98. The lowest BCUT2D eigenvalue weighted by Crippen LogP contribution is -1.92. The molecule has 4 nitrogen and oxygen atoms in total. The van der Waals surface area contributed by atoms with Crippen molar-refractivity contribution < 1.29 is 0 Å². The Morgan fingerprint density at radius 2 is 1.26 bits per heavy atom. The minimum atomic E-state index is 0.989. The van der Waals surface area contributed by atoms with Crippen LogP contribution in [-0.2, 0) is 14.1 Å². The maximum absolute atomic E-state index is 4.88. The number of benzene rings is 5. The first kappa shape index (κ1) is 19.1. The van der Waals surface area contributed by atoms with Crippen molar-refractivity contribution in [2.24, 2.45) is 14.1 Å². The average Bonchev–Trinajstić information content (AvgIpc) is 3.42. The summed E-state index contributed by atoms with van der Waals surface area (Å²) >= 11 is 0. The molecular formula is C30H22N4. The molecular weight excluding hydrogens is 416 g/mol. The highest BCUT2D eigenvalue weighted by Gasteiger charge is 2.11. The molecule has 0 spiro atoms. The summed E-state index contributed by atoms with van der Waals surface area (Å²) in [4.78, 5) is 9.39. The fourth-order valence-corrected chi connectivity index (χ4v) is 5.11. The van der Waals surface area contributed by atoms with Crippen LogP contribution in [0.25, 0.3) is 66.1 Å². The first-order valence-corrected chi connectivity index (χ1v) is 11.5. The first-order valence-electron chi connectivity index (χ1n) is 11.5. The van der Waals surface area contributed by atoms with Gasteiger partial charge in [-0.1, -0.05) is 54.6 Å². The number of hydrogen-bond donors (Lipinski definition) is 0. The number of nitrogens with zero attached hydrogens (tertiary/aromatic N) is 4. The molecule has 0 bridgehead atoms. The van der Waals surface area contributed by atoms with E-state index in [9.17, 15) is 0 Å². The molecule has 5 aromatic carbocycles. The predicted octanol–water partition coefficient (Wildman–Crippen LogP) is 7.10. The third kappa shape index (κ3) is 2.78. The fourth-order valence-electron chi connectivity index (χ4n) is 5.11. The van der Waals surface area contributed by atoms with E-state index in [1.165, 1.54) is 32.7 Å². The van der Waals surface area contributed by atoms with Crippen molar-refractivity contribution in [1.29, 1.82) is 0 Å². The van der Waals surface area contributed by atoms with Crippen LogP contribution in [0.4, 0.5) is 0 Å². The zero-order chi connectivity index (χ0) is 22.8. The van der Waals surface area contributed by atoms with E-state index in [-0.39, 0.29) is 0 Å². The van der Waals surface area contributed by atoms with Crippen LogP contribution in [0.5, 0.6) is 0 Å². The molecule has 0 N–H and O–H groups in total. The molecule has 0 saturated heterocycles. The maximum Gasteiger partial charge on any atom is 0.140 e. The molecule has 0 aliphatic carbocycles. The molecule has 0 fully saturated rings. The Kier molecular flexibility index (Phi) is 3.94. The topological polar surface area (TPSA) is 35.6 Å². The second-order valence-electron chi connectivity index (χ2n) is 8.98. The van der Waals surface area contributed by atoms with Gasteiger partial charge >= 0.3 is 0 Å². The minimum Gasteiger partial charge on any atom is -0.334 e. The Bertz CT molecular complexity index is 1890. The van der Waals surface area contributed by atoms with Crippen molar-refractivity contribution in [2.45, 2.75) is 0 Å². The molecule has 162 valence electrons. The monoisotopic (exact) mass is 438 g/mol. The summed E-state index contributed by atoms with van der Waals surface area (Å²) in [6.07, 6.45) is 1.86. The molecule has 0 atom stereocenters. The van der Waals surface area contributed by atoms with Gasteiger partial charge in [-0.3, -0.25) is 0 Å². The van der Waals surface area contributed by atoms with Crippen LogP contribution < -0.4 is 0 Å². The Balaban J connectivity index is 1.34. The van der Waals surface area contributed by atoms with Crippen molar-refractivity contribution in [3.8, 4) is 22.5 Å². The zero-order valence-corrected chi connectivity index (χ0v) is 19.0. The molecule has 0 saturated carbocycles. The number of imidazole rings is 2. The third-order valence-corrected chi connectivity index (χ3v) is 6.94. The molecule has 7 aromatic rings. The number of para-hydroxylation sites is 2. The summed E-state index contributed by atoms with van der Waals surface area (Å²) in [7, 11) is 4.11. The van der Waals surface area contributed by atoms with E-state index >= 15 is 0 Å². The van der Waals surface area contributed by atoms with Gasteiger partial charge in [0.15, 0.2) is 0 Å². The lowest BCUT2D eigenvalue weighted by molar-refractivity contribution is 0.948. The van der Waals surface area contributed by atoms with Gasteiger partial charge in [0, 0.05) is 19.7 Å². The molecule has 0 aliphatic rings. The summed E-state index contributed by atoms with van der Waals surface area (Å²) < 4.78 is 4.22. The average molecular weight is 439 g/mol. The predicted molar refractivity (Wildman–Crippen MR) is 141 cm³/mol. The highest BCUT2D eigenvalue weighted by atomic mass is 15.1. The van der Waals surface area contributed by atoms with E-state index in [4.69, 9.17) is 4.98 Å². The minimum absolute atomic E-state index is 0.989.